The van der Waals surface area contributed by atoms with Crippen LogP contribution in [0.4, 0.5) is 10.2 Å². The van der Waals surface area contributed by atoms with Crippen LogP contribution in [-0.2, 0) is 22.9 Å². The SMILES string of the molecule is CC(C)OP1(=O)OC[C@@]2(N=[N+]=[N-])O[C@@H](n3ccc(N)nc3=O)[C@H](F)[C@@H]2O1. The number of azide groups is 1. The summed E-state index contributed by atoms with van der Waals surface area (Å²) in [5.41, 5.74) is 11.4. The lowest BCUT2D eigenvalue weighted by atomic mass is 10.1. The number of nitrogens with two attached hydrogens (primary N) is 1. The fourth-order valence-electron chi connectivity index (χ4n) is 2.67. The van der Waals surface area contributed by atoms with Crippen molar-refractivity contribution in [3.8, 4) is 0 Å². The summed E-state index contributed by atoms with van der Waals surface area (Å²) >= 11 is 0. The van der Waals surface area contributed by atoms with E-state index in [0.29, 0.717) is 0 Å². The molecule has 0 amide bonds. The third-order valence-corrected chi connectivity index (χ3v) is 5.29. The maximum Gasteiger partial charge on any atom is 0.475 e. The molecule has 3 rings (SSSR count). The van der Waals surface area contributed by atoms with E-state index in [4.69, 9.17) is 29.6 Å². The predicted molar refractivity (Wildman–Crippen MR) is 84.5 cm³/mol. The number of aromatic nitrogens is 2. The summed E-state index contributed by atoms with van der Waals surface area (Å²) in [5.74, 6) is -0.0590. The van der Waals surface area contributed by atoms with Gasteiger partial charge in [-0.25, -0.2) is 13.8 Å². The first-order valence-corrected chi connectivity index (χ1v) is 9.00. The molecule has 2 aliphatic heterocycles. The van der Waals surface area contributed by atoms with Crippen LogP contribution >= 0.6 is 7.82 Å². The fourth-order valence-corrected chi connectivity index (χ4v) is 4.26. The van der Waals surface area contributed by atoms with Crippen molar-refractivity contribution in [3.63, 3.8) is 0 Å². The molecule has 0 aliphatic carbocycles. The van der Waals surface area contributed by atoms with Crippen molar-refractivity contribution < 1.29 is 27.3 Å². The largest absolute Gasteiger partial charge is 0.475 e. The average molecular weight is 390 g/mol. The van der Waals surface area contributed by atoms with Crippen LogP contribution in [0.25, 0.3) is 10.4 Å². The van der Waals surface area contributed by atoms with Crippen molar-refractivity contribution >= 4 is 13.6 Å². The van der Waals surface area contributed by atoms with Crippen LogP contribution in [0.1, 0.15) is 20.1 Å². The van der Waals surface area contributed by atoms with Gasteiger partial charge in [0.25, 0.3) is 0 Å². The van der Waals surface area contributed by atoms with Gasteiger partial charge in [-0.05, 0) is 25.4 Å². The highest BCUT2D eigenvalue weighted by Crippen LogP contribution is 2.60. The lowest BCUT2D eigenvalue weighted by Gasteiger charge is -2.36. The summed E-state index contributed by atoms with van der Waals surface area (Å²) in [6, 6.07) is 1.27. The Kier molecular flexibility index (Phi) is 4.78. The van der Waals surface area contributed by atoms with Gasteiger partial charge in [0, 0.05) is 11.1 Å². The van der Waals surface area contributed by atoms with Crippen molar-refractivity contribution in [3.05, 3.63) is 33.2 Å². The normalized spacial score (nSPS) is 36.5. The molecule has 26 heavy (non-hydrogen) atoms. The minimum Gasteiger partial charge on any atom is -0.383 e. The van der Waals surface area contributed by atoms with Crippen molar-refractivity contribution in [2.24, 2.45) is 5.11 Å². The molecule has 0 spiro atoms. The van der Waals surface area contributed by atoms with E-state index in [9.17, 15) is 9.36 Å². The smallest absolute Gasteiger partial charge is 0.383 e. The van der Waals surface area contributed by atoms with Crippen molar-refractivity contribution in [1.29, 1.82) is 0 Å². The number of nitrogen functional groups attached to an aromatic ring is 1. The molecule has 1 aromatic rings. The summed E-state index contributed by atoms with van der Waals surface area (Å²) in [5, 5.41) is 3.43. The molecule has 0 saturated carbocycles. The fraction of sp³-hybridized carbons (Fsp3) is 0.667. The van der Waals surface area contributed by atoms with Crippen molar-refractivity contribution in [2.45, 2.75) is 44.2 Å². The van der Waals surface area contributed by atoms with Crippen LogP contribution < -0.4 is 11.4 Å². The van der Waals surface area contributed by atoms with Gasteiger partial charge in [-0.15, -0.1) is 0 Å². The quantitative estimate of drug-likeness (QED) is 0.351. The minimum atomic E-state index is -4.11. The number of nitrogens with zero attached hydrogens (tertiary/aromatic N) is 5. The lowest BCUT2D eigenvalue weighted by molar-refractivity contribution is -0.145. The molecule has 142 valence electrons. The summed E-state index contributed by atoms with van der Waals surface area (Å²) < 4.78 is 49.2. The van der Waals surface area contributed by atoms with E-state index in [1.807, 2.05) is 0 Å². The zero-order chi connectivity index (χ0) is 19.1. The number of halogens is 1. The van der Waals surface area contributed by atoms with E-state index >= 15 is 4.39 Å². The Labute approximate surface area is 146 Å². The molecular weight excluding hydrogens is 374 g/mol. The van der Waals surface area contributed by atoms with E-state index in [1.165, 1.54) is 12.3 Å². The maximum atomic E-state index is 15.1. The summed E-state index contributed by atoms with van der Waals surface area (Å²) in [7, 11) is -4.11. The standard InChI is InChI=1S/C12H16FN6O6P/c1-6(2)24-26(21)22-5-12(17-18-15)9(25-26)8(13)10(23-12)19-4-3-7(14)16-11(19)20/h3-4,6,8-10H,5H2,1-2H3,(H2,14,16,20)/t8-,9+,10-,12-,26?/m1/s1. The predicted octanol–water partition coefficient (Wildman–Crippen LogP) is 1.65. The molecular formula is C12H16FN6O6P. The van der Waals surface area contributed by atoms with Gasteiger partial charge in [-0.2, -0.15) is 4.98 Å². The number of alkyl halides is 1. The maximum absolute atomic E-state index is 15.1. The first-order valence-electron chi connectivity index (χ1n) is 7.54. The van der Waals surface area contributed by atoms with Crippen LogP contribution in [0, 0.1) is 0 Å². The molecule has 3 heterocycles. The molecule has 1 unspecified atom stereocenters. The van der Waals surface area contributed by atoms with E-state index in [1.54, 1.807) is 13.8 Å². The molecule has 2 N–H and O–H groups in total. The number of phosphoric ester groups is 1. The van der Waals surface area contributed by atoms with E-state index < -0.39 is 50.5 Å². The Bertz CT molecular complexity index is 859. The first-order chi connectivity index (χ1) is 12.2. The zero-order valence-electron chi connectivity index (χ0n) is 13.8. The number of phosphoric acid groups is 1. The molecule has 0 aromatic carbocycles. The molecule has 2 saturated heterocycles. The number of fused-ring (bicyclic) bond motifs is 1. The van der Waals surface area contributed by atoms with E-state index in [-0.39, 0.29) is 5.82 Å². The van der Waals surface area contributed by atoms with Crippen LogP contribution in [-0.4, -0.2) is 40.3 Å². The summed E-state index contributed by atoms with van der Waals surface area (Å²) in [6.45, 7) is 2.59. The van der Waals surface area contributed by atoms with Crippen molar-refractivity contribution in [2.75, 3.05) is 12.3 Å². The topological polar surface area (TPSA) is 164 Å². The first kappa shape index (κ1) is 18.8. The van der Waals surface area contributed by atoms with Gasteiger partial charge in [0.1, 0.15) is 11.9 Å². The number of hydrogen-bond acceptors (Lipinski definition) is 9. The number of rotatable bonds is 4. The second-order valence-electron chi connectivity index (χ2n) is 5.93. The van der Waals surface area contributed by atoms with E-state index in [2.05, 4.69) is 15.0 Å². The second-order valence-corrected chi connectivity index (χ2v) is 7.50. The molecule has 0 radical (unpaired) electrons. The summed E-state index contributed by atoms with van der Waals surface area (Å²) in [6.07, 6.45) is -4.57. The summed E-state index contributed by atoms with van der Waals surface area (Å²) in [4.78, 5) is 18.1. The van der Waals surface area contributed by atoms with Gasteiger partial charge in [-0.1, -0.05) is 5.11 Å². The van der Waals surface area contributed by atoms with Gasteiger partial charge in [0.2, 0.25) is 5.72 Å². The van der Waals surface area contributed by atoms with Gasteiger partial charge in [0.05, 0.1) is 12.7 Å². The molecule has 12 nitrogen and oxygen atoms in total. The lowest BCUT2D eigenvalue weighted by Crippen LogP contribution is -2.48. The molecule has 2 fully saturated rings. The Hall–Kier alpha value is -2.01. The highest BCUT2D eigenvalue weighted by atomic mass is 31.2. The van der Waals surface area contributed by atoms with Crippen LogP contribution in [0.5, 0.6) is 0 Å². The number of anilines is 1. The van der Waals surface area contributed by atoms with Gasteiger partial charge >= 0.3 is 13.5 Å². The molecule has 5 atom stereocenters. The average Bonchev–Trinajstić information content (AvgIpc) is 2.80. The molecule has 14 heteroatoms. The Balaban J connectivity index is 1.98. The third kappa shape index (κ3) is 3.20. The van der Waals surface area contributed by atoms with Crippen molar-refractivity contribution in [1.82, 2.24) is 9.55 Å². The van der Waals surface area contributed by atoms with Gasteiger partial charge < -0.3 is 10.5 Å². The number of hydrogen-bond donors (Lipinski definition) is 1. The van der Waals surface area contributed by atoms with Crippen LogP contribution in [0.3, 0.4) is 0 Å². The van der Waals surface area contributed by atoms with Gasteiger partial charge in [-0.3, -0.25) is 18.1 Å². The van der Waals surface area contributed by atoms with Crippen LogP contribution in [0.15, 0.2) is 22.2 Å². The number of ether oxygens (including phenoxy) is 1. The highest BCUT2D eigenvalue weighted by molar-refractivity contribution is 7.48. The molecule has 0 bridgehead atoms. The highest BCUT2D eigenvalue weighted by Gasteiger charge is 2.63. The zero-order valence-corrected chi connectivity index (χ0v) is 14.7. The Morgan fingerprint density at radius 3 is 3.00 bits per heavy atom. The molecule has 2 aliphatic rings. The Morgan fingerprint density at radius 2 is 2.38 bits per heavy atom. The van der Waals surface area contributed by atoms with E-state index in [0.717, 1.165) is 4.57 Å². The monoisotopic (exact) mass is 390 g/mol. The molecule has 1 aromatic heterocycles. The third-order valence-electron chi connectivity index (χ3n) is 3.68. The van der Waals surface area contributed by atoms with Gasteiger partial charge in [0.15, 0.2) is 12.4 Å². The minimum absolute atomic E-state index is 0.0590. The second kappa shape index (κ2) is 6.62. The Morgan fingerprint density at radius 1 is 1.65 bits per heavy atom. The van der Waals surface area contributed by atoms with Crippen LogP contribution in [0.2, 0.25) is 0 Å².